The molecular formula is C15H27N. The lowest BCUT2D eigenvalue weighted by atomic mass is 9.82. The lowest BCUT2D eigenvalue weighted by Crippen LogP contribution is -2.20. The number of nitrogens with zero attached hydrogens (tertiary/aromatic N) is 1. The van der Waals surface area contributed by atoms with E-state index in [1.807, 2.05) is 0 Å². The van der Waals surface area contributed by atoms with Crippen LogP contribution in [0, 0.1) is 23.7 Å². The van der Waals surface area contributed by atoms with Crippen LogP contribution in [0.2, 0.25) is 0 Å². The summed E-state index contributed by atoms with van der Waals surface area (Å²) in [5.41, 5.74) is 1.41. The molecule has 1 nitrogen and oxygen atoms in total. The van der Waals surface area contributed by atoms with E-state index in [1.54, 1.807) is 0 Å². The number of hydrogen-bond donors (Lipinski definition) is 0. The molecule has 0 aromatic rings. The van der Waals surface area contributed by atoms with Crippen LogP contribution >= 0.6 is 0 Å². The summed E-state index contributed by atoms with van der Waals surface area (Å²) in [6, 6.07) is 0.329. The zero-order chi connectivity index (χ0) is 12.3. The highest BCUT2D eigenvalue weighted by Gasteiger charge is 2.25. The largest absolute Gasteiger partial charge is 0.293 e. The molecule has 0 spiro atoms. The number of hydrogen-bond acceptors (Lipinski definition) is 1. The standard InChI is InChI=1S/C15H27N/c1-10-7-11(2)12(3)9-14(5)15(16-6)13(4)8-10/h8,10-12,14-15H,6-7,9H2,1-5H3. The summed E-state index contributed by atoms with van der Waals surface area (Å²) in [5.74, 6) is 2.90. The number of allylic oxidation sites excluding steroid dienone is 1. The molecule has 16 heavy (non-hydrogen) atoms. The molecule has 92 valence electrons. The smallest absolute Gasteiger partial charge is 0.0724 e. The second-order valence-electron chi connectivity index (χ2n) is 5.92. The lowest BCUT2D eigenvalue weighted by Gasteiger charge is -2.25. The van der Waals surface area contributed by atoms with Crippen LogP contribution in [0.25, 0.3) is 0 Å². The average Bonchev–Trinajstić information content (AvgIpc) is 2.19. The molecule has 0 aromatic carbocycles. The van der Waals surface area contributed by atoms with E-state index < -0.39 is 0 Å². The van der Waals surface area contributed by atoms with Gasteiger partial charge in [0.2, 0.25) is 0 Å². The first-order valence-corrected chi connectivity index (χ1v) is 6.59. The number of rotatable bonds is 1. The zero-order valence-corrected chi connectivity index (χ0v) is 11.5. The van der Waals surface area contributed by atoms with Crippen molar-refractivity contribution in [3.63, 3.8) is 0 Å². The molecule has 5 unspecified atom stereocenters. The Balaban J connectivity index is 2.94. The Hall–Kier alpha value is -0.590. The SMILES string of the molecule is C=NC1C(C)=CC(C)CC(C)C(C)CC1C. The summed E-state index contributed by atoms with van der Waals surface area (Å²) in [7, 11) is 0. The quantitative estimate of drug-likeness (QED) is 0.461. The van der Waals surface area contributed by atoms with Gasteiger partial charge in [-0.3, -0.25) is 4.99 Å². The maximum atomic E-state index is 4.33. The van der Waals surface area contributed by atoms with Gasteiger partial charge in [0.05, 0.1) is 6.04 Å². The highest BCUT2D eigenvalue weighted by molar-refractivity contribution is 5.28. The van der Waals surface area contributed by atoms with E-state index in [2.05, 4.69) is 52.4 Å². The molecular weight excluding hydrogens is 194 g/mol. The van der Waals surface area contributed by atoms with Crippen LogP contribution in [0.4, 0.5) is 0 Å². The molecule has 0 saturated carbocycles. The second-order valence-corrected chi connectivity index (χ2v) is 5.92. The summed E-state index contributed by atoms with van der Waals surface area (Å²) < 4.78 is 0. The van der Waals surface area contributed by atoms with E-state index in [-0.39, 0.29) is 0 Å². The molecule has 0 heterocycles. The Kier molecular flexibility index (Phi) is 4.76. The Morgan fingerprint density at radius 3 is 2.19 bits per heavy atom. The first-order valence-electron chi connectivity index (χ1n) is 6.59. The van der Waals surface area contributed by atoms with E-state index in [9.17, 15) is 0 Å². The van der Waals surface area contributed by atoms with Crippen molar-refractivity contribution in [3.8, 4) is 0 Å². The van der Waals surface area contributed by atoms with Crippen LogP contribution in [0.1, 0.15) is 47.5 Å². The van der Waals surface area contributed by atoms with Gasteiger partial charge in [0.25, 0.3) is 0 Å². The summed E-state index contributed by atoms with van der Waals surface area (Å²) in [4.78, 5) is 4.33. The minimum Gasteiger partial charge on any atom is -0.293 e. The molecule has 0 N–H and O–H groups in total. The van der Waals surface area contributed by atoms with Gasteiger partial charge in [-0.15, -0.1) is 0 Å². The van der Waals surface area contributed by atoms with Crippen molar-refractivity contribution in [2.24, 2.45) is 28.7 Å². The van der Waals surface area contributed by atoms with Gasteiger partial charge in [0.1, 0.15) is 0 Å². The fourth-order valence-electron chi connectivity index (χ4n) is 3.15. The monoisotopic (exact) mass is 221 g/mol. The minimum absolute atomic E-state index is 0.329. The fourth-order valence-corrected chi connectivity index (χ4v) is 3.15. The maximum Gasteiger partial charge on any atom is 0.0724 e. The average molecular weight is 221 g/mol. The normalized spacial score (nSPS) is 41.6. The van der Waals surface area contributed by atoms with Gasteiger partial charge in [-0.2, -0.15) is 0 Å². The van der Waals surface area contributed by atoms with Gasteiger partial charge >= 0.3 is 0 Å². The van der Waals surface area contributed by atoms with Crippen LogP contribution in [-0.4, -0.2) is 12.8 Å². The molecule has 0 amide bonds. The summed E-state index contributed by atoms with van der Waals surface area (Å²) in [6.07, 6.45) is 4.97. The van der Waals surface area contributed by atoms with Crippen LogP contribution in [0.15, 0.2) is 16.6 Å². The van der Waals surface area contributed by atoms with Gasteiger partial charge in [0, 0.05) is 0 Å². The van der Waals surface area contributed by atoms with Crippen LogP contribution in [-0.2, 0) is 0 Å². The van der Waals surface area contributed by atoms with Gasteiger partial charge in [-0.1, -0.05) is 39.3 Å². The zero-order valence-electron chi connectivity index (χ0n) is 11.5. The van der Waals surface area contributed by atoms with Gasteiger partial charge in [-0.25, -0.2) is 0 Å². The molecule has 0 radical (unpaired) electrons. The lowest BCUT2D eigenvalue weighted by molar-refractivity contribution is 0.280. The molecule has 1 aliphatic carbocycles. The Morgan fingerprint density at radius 1 is 1.06 bits per heavy atom. The summed E-state index contributed by atoms with van der Waals surface area (Å²) in [6.45, 7) is 15.4. The van der Waals surface area contributed by atoms with E-state index in [0.29, 0.717) is 17.9 Å². The second kappa shape index (κ2) is 5.65. The van der Waals surface area contributed by atoms with Gasteiger partial charge in [-0.05, 0) is 50.2 Å². The Labute approximate surface area is 101 Å². The highest BCUT2D eigenvalue weighted by atomic mass is 14.8. The third-order valence-electron chi connectivity index (χ3n) is 4.21. The van der Waals surface area contributed by atoms with Crippen LogP contribution in [0.5, 0.6) is 0 Å². The van der Waals surface area contributed by atoms with Crippen molar-refractivity contribution >= 4 is 6.72 Å². The Bertz CT molecular complexity index is 267. The predicted octanol–water partition coefficient (Wildman–Crippen LogP) is 4.34. The van der Waals surface area contributed by atoms with Gasteiger partial charge in [0.15, 0.2) is 0 Å². The molecule has 0 bridgehead atoms. The first kappa shape index (κ1) is 13.5. The van der Waals surface area contributed by atoms with Crippen LogP contribution < -0.4 is 0 Å². The van der Waals surface area contributed by atoms with Gasteiger partial charge < -0.3 is 0 Å². The first-order chi connectivity index (χ1) is 7.45. The molecule has 0 fully saturated rings. The predicted molar refractivity (Wildman–Crippen MR) is 73.0 cm³/mol. The molecule has 1 aliphatic rings. The van der Waals surface area contributed by atoms with E-state index in [1.165, 1.54) is 18.4 Å². The maximum absolute atomic E-state index is 4.33. The third-order valence-corrected chi connectivity index (χ3v) is 4.21. The molecule has 1 rings (SSSR count). The topological polar surface area (TPSA) is 12.4 Å². The molecule has 0 aliphatic heterocycles. The number of aliphatic imine (C=N–C) groups is 1. The molecule has 5 atom stereocenters. The molecule has 0 aromatic heterocycles. The molecule has 1 heteroatoms. The summed E-state index contributed by atoms with van der Waals surface area (Å²) in [5, 5.41) is 0. The summed E-state index contributed by atoms with van der Waals surface area (Å²) >= 11 is 0. The van der Waals surface area contributed by atoms with Crippen molar-refractivity contribution in [3.05, 3.63) is 11.6 Å². The Morgan fingerprint density at radius 2 is 1.62 bits per heavy atom. The highest BCUT2D eigenvalue weighted by Crippen LogP contribution is 2.32. The van der Waals surface area contributed by atoms with Crippen molar-refractivity contribution in [1.82, 2.24) is 0 Å². The van der Waals surface area contributed by atoms with Crippen molar-refractivity contribution in [2.75, 3.05) is 0 Å². The minimum atomic E-state index is 0.329. The van der Waals surface area contributed by atoms with Crippen molar-refractivity contribution in [1.29, 1.82) is 0 Å². The van der Waals surface area contributed by atoms with E-state index >= 15 is 0 Å². The molecule has 0 saturated heterocycles. The third kappa shape index (κ3) is 3.20. The van der Waals surface area contributed by atoms with Crippen LogP contribution in [0.3, 0.4) is 0 Å². The fraction of sp³-hybridized carbons (Fsp3) is 0.800. The van der Waals surface area contributed by atoms with Crippen molar-refractivity contribution in [2.45, 2.75) is 53.5 Å². The van der Waals surface area contributed by atoms with E-state index in [4.69, 9.17) is 0 Å². The van der Waals surface area contributed by atoms with Crippen molar-refractivity contribution < 1.29 is 0 Å². The van der Waals surface area contributed by atoms with E-state index in [0.717, 1.165) is 11.8 Å².